The first-order valence-corrected chi connectivity index (χ1v) is 8.59. The number of carbonyl (C=O) groups excluding carboxylic acids is 2. The van der Waals surface area contributed by atoms with Crippen LogP contribution < -0.4 is 0 Å². The van der Waals surface area contributed by atoms with Gasteiger partial charge in [0.2, 0.25) is 0 Å². The van der Waals surface area contributed by atoms with Gasteiger partial charge in [-0.1, -0.05) is 37.0 Å². The predicted molar refractivity (Wildman–Crippen MR) is 89.9 cm³/mol. The third kappa shape index (κ3) is 2.54. The number of carbonyl (C=O) groups is 2. The topological polar surface area (TPSA) is 40.6 Å². The summed E-state index contributed by atoms with van der Waals surface area (Å²) in [5.41, 5.74) is 1.98. The molecule has 4 nitrogen and oxygen atoms in total. The van der Waals surface area contributed by atoms with Crippen LogP contribution >= 0.6 is 0 Å². The van der Waals surface area contributed by atoms with E-state index in [0.29, 0.717) is 5.56 Å². The molecule has 1 aromatic rings. The van der Waals surface area contributed by atoms with E-state index in [4.69, 9.17) is 0 Å². The van der Waals surface area contributed by atoms with Gasteiger partial charge in [0.25, 0.3) is 11.8 Å². The third-order valence-corrected chi connectivity index (χ3v) is 5.21. The van der Waals surface area contributed by atoms with Gasteiger partial charge in [-0.15, -0.1) is 0 Å². The summed E-state index contributed by atoms with van der Waals surface area (Å²) in [7, 11) is 0. The molecule has 1 aliphatic carbocycles. The largest absolute Gasteiger partial charge is 0.273 e. The zero-order valence-corrected chi connectivity index (χ0v) is 14.6. The number of benzene rings is 1. The third-order valence-electron chi connectivity index (χ3n) is 5.21. The lowest BCUT2D eigenvalue weighted by Crippen LogP contribution is -2.78. The highest BCUT2D eigenvalue weighted by molar-refractivity contribution is 6.05. The Morgan fingerprint density at radius 3 is 2.43 bits per heavy atom. The molecule has 124 valence electrons. The fourth-order valence-electron chi connectivity index (χ4n) is 3.77. The normalized spacial score (nSPS) is 21.3. The summed E-state index contributed by atoms with van der Waals surface area (Å²) in [6.45, 7) is 7.63. The molecule has 0 bridgehead atoms. The molecule has 2 aliphatic rings. The van der Waals surface area contributed by atoms with E-state index in [9.17, 15) is 9.59 Å². The van der Waals surface area contributed by atoms with E-state index in [1.165, 1.54) is 6.42 Å². The minimum atomic E-state index is -0.745. The molecule has 1 aliphatic heterocycles. The van der Waals surface area contributed by atoms with Gasteiger partial charge in [0.1, 0.15) is 5.54 Å². The van der Waals surface area contributed by atoms with Crippen molar-refractivity contribution >= 4 is 11.8 Å². The lowest BCUT2D eigenvalue weighted by atomic mass is 9.88. The van der Waals surface area contributed by atoms with Crippen LogP contribution in [0.2, 0.25) is 0 Å². The first-order chi connectivity index (χ1) is 10.8. The minimum absolute atomic E-state index is 0.0543. The van der Waals surface area contributed by atoms with Crippen molar-refractivity contribution in [3.05, 3.63) is 34.9 Å². The lowest BCUT2D eigenvalue weighted by molar-refractivity contribution is -0.210. The highest BCUT2D eigenvalue weighted by Gasteiger charge is 2.57. The molecule has 23 heavy (non-hydrogen) atoms. The van der Waals surface area contributed by atoms with Gasteiger partial charge in [-0.05, 0) is 52.2 Å². The van der Waals surface area contributed by atoms with Gasteiger partial charge in [-0.25, -0.2) is 10.0 Å². The van der Waals surface area contributed by atoms with Crippen molar-refractivity contribution in [2.24, 2.45) is 0 Å². The summed E-state index contributed by atoms with van der Waals surface area (Å²) < 4.78 is 0. The number of hydrogen-bond acceptors (Lipinski definition) is 2. The summed E-state index contributed by atoms with van der Waals surface area (Å²) in [5, 5.41) is 3.44. The molecular weight excluding hydrogens is 288 g/mol. The molecule has 0 spiro atoms. The molecule has 0 radical (unpaired) electrons. The standard InChI is InChI=1S/C19H26N2O2/c1-13-10-11-14(2)16(12-13)17(22)21-19(3,4)18(23)20(21)15-8-6-5-7-9-15/h10-12,15H,5-9H2,1-4H3. The Labute approximate surface area is 138 Å². The monoisotopic (exact) mass is 314 g/mol. The fraction of sp³-hybridized carbons (Fsp3) is 0.579. The maximum Gasteiger partial charge on any atom is 0.273 e. The van der Waals surface area contributed by atoms with Crippen molar-refractivity contribution in [1.29, 1.82) is 0 Å². The molecule has 2 amide bonds. The summed E-state index contributed by atoms with van der Waals surface area (Å²) >= 11 is 0. The zero-order valence-electron chi connectivity index (χ0n) is 14.6. The summed E-state index contributed by atoms with van der Waals surface area (Å²) in [4.78, 5) is 25.8. The van der Waals surface area contributed by atoms with Crippen molar-refractivity contribution in [2.45, 2.75) is 71.4 Å². The molecule has 1 saturated carbocycles. The van der Waals surface area contributed by atoms with E-state index in [1.54, 1.807) is 10.0 Å². The second kappa shape index (κ2) is 5.66. The van der Waals surface area contributed by atoms with Gasteiger partial charge in [0, 0.05) is 5.56 Å². The van der Waals surface area contributed by atoms with E-state index in [1.807, 2.05) is 45.9 Å². The van der Waals surface area contributed by atoms with E-state index < -0.39 is 5.54 Å². The Kier molecular flexibility index (Phi) is 3.95. The first-order valence-electron chi connectivity index (χ1n) is 8.59. The van der Waals surface area contributed by atoms with Gasteiger partial charge in [0.05, 0.1) is 6.04 Å². The second-order valence-corrected chi connectivity index (χ2v) is 7.44. The van der Waals surface area contributed by atoms with Crippen LogP contribution in [0.25, 0.3) is 0 Å². The molecule has 0 N–H and O–H groups in total. The average molecular weight is 314 g/mol. The smallest absolute Gasteiger partial charge is 0.270 e. The van der Waals surface area contributed by atoms with Gasteiger partial charge in [-0.3, -0.25) is 9.59 Å². The van der Waals surface area contributed by atoms with Crippen molar-refractivity contribution in [3.63, 3.8) is 0 Å². The Balaban J connectivity index is 1.92. The van der Waals surface area contributed by atoms with Gasteiger partial charge < -0.3 is 0 Å². The van der Waals surface area contributed by atoms with Crippen molar-refractivity contribution in [1.82, 2.24) is 10.0 Å². The predicted octanol–water partition coefficient (Wildman–Crippen LogP) is 3.61. The molecule has 0 aromatic heterocycles. The Morgan fingerprint density at radius 1 is 1.13 bits per heavy atom. The fourth-order valence-corrected chi connectivity index (χ4v) is 3.77. The van der Waals surface area contributed by atoms with Crippen LogP contribution in [-0.2, 0) is 4.79 Å². The Hall–Kier alpha value is -1.84. The number of aryl methyl sites for hydroxylation is 2. The van der Waals surface area contributed by atoms with Crippen LogP contribution in [-0.4, -0.2) is 33.4 Å². The van der Waals surface area contributed by atoms with Crippen molar-refractivity contribution in [3.8, 4) is 0 Å². The lowest BCUT2D eigenvalue weighted by Gasteiger charge is -2.58. The highest BCUT2D eigenvalue weighted by Crippen LogP contribution is 2.38. The molecule has 1 heterocycles. The Morgan fingerprint density at radius 2 is 1.78 bits per heavy atom. The van der Waals surface area contributed by atoms with Crippen LogP contribution in [0.15, 0.2) is 18.2 Å². The van der Waals surface area contributed by atoms with Gasteiger partial charge in [-0.2, -0.15) is 0 Å². The molecule has 0 atom stereocenters. The number of nitrogens with zero attached hydrogens (tertiary/aromatic N) is 2. The van der Waals surface area contributed by atoms with E-state index in [0.717, 1.165) is 36.8 Å². The summed E-state index contributed by atoms with van der Waals surface area (Å²) in [5.74, 6) is 0.0180. The minimum Gasteiger partial charge on any atom is -0.270 e. The van der Waals surface area contributed by atoms with E-state index in [-0.39, 0.29) is 17.9 Å². The molecule has 0 unspecified atom stereocenters. The maximum atomic E-state index is 13.1. The quantitative estimate of drug-likeness (QED) is 0.836. The molecule has 3 rings (SSSR count). The maximum absolute atomic E-state index is 13.1. The van der Waals surface area contributed by atoms with Crippen molar-refractivity contribution in [2.75, 3.05) is 0 Å². The molecule has 4 heteroatoms. The molecule has 2 fully saturated rings. The number of rotatable bonds is 2. The van der Waals surface area contributed by atoms with Gasteiger partial charge in [0.15, 0.2) is 0 Å². The van der Waals surface area contributed by atoms with E-state index >= 15 is 0 Å². The van der Waals surface area contributed by atoms with Crippen LogP contribution in [0.3, 0.4) is 0 Å². The summed E-state index contributed by atoms with van der Waals surface area (Å²) in [6, 6.07) is 6.09. The zero-order chi connectivity index (χ0) is 16.8. The van der Waals surface area contributed by atoms with Crippen LogP contribution in [0.1, 0.15) is 67.4 Å². The highest BCUT2D eigenvalue weighted by atomic mass is 16.2. The molecule has 1 aromatic carbocycles. The number of amides is 2. The first kappa shape index (κ1) is 16.0. The van der Waals surface area contributed by atoms with Crippen LogP contribution in [0.4, 0.5) is 0 Å². The molecule has 1 saturated heterocycles. The van der Waals surface area contributed by atoms with E-state index in [2.05, 4.69) is 0 Å². The van der Waals surface area contributed by atoms with Gasteiger partial charge >= 0.3 is 0 Å². The SMILES string of the molecule is Cc1ccc(C)c(C(=O)N2N(C3CCCCC3)C(=O)C2(C)C)c1. The number of hydrazine groups is 1. The second-order valence-electron chi connectivity index (χ2n) is 7.44. The average Bonchev–Trinajstić information content (AvgIpc) is 2.54. The van der Waals surface area contributed by atoms with Crippen LogP contribution in [0.5, 0.6) is 0 Å². The number of hydrogen-bond donors (Lipinski definition) is 0. The Bertz CT molecular complexity index is 645. The molecular formula is C19H26N2O2. The summed E-state index contributed by atoms with van der Waals surface area (Å²) in [6.07, 6.45) is 5.50. The van der Waals surface area contributed by atoms with Crippen molar-refractivity contribution < 1.29 is 9.59 Å². The van der Waals surface area contributed by atoms with Crippen LogP contribution in [0, 0.1) is 13.8 Å².